The summed E-state index contributed by atoms with van der Waals surface area (Å²) in [6.45, 7) is 2.72. The molecule has 0 spiro atoms. The van der Waals surface area contributed by atoms with Gasteiger partial charge in [-0.1, -0.05) is 46.9 Å². The third kappa shape index (κ3) is 5.17. The van der Waals surface area contributed by atoms with E-state index in [2.05, 4.69) is 33.3 Å². The quantitative estimate of drug-likeness (QED) is 0.454. The Morgan fingerprint density at radius 2 is 2.14 bits per heavy atom. The molecular formula is C21H18BrClN4O2. The van der Waals surface area contributed by atoms with Crippen LogP contribution < -0.4 is 10.1 Å². The number of nitriles is 1. The zero-order valence-corrected chi connectivity index (χ0v) is 18.0. The predicted molar refractivity (Wildman–Crippen MR) is 116 cm³/mol. The first-order chi connectivity index (χ1) is 14.0. The van der Waals surface area contributed by atoms with Crippen LogP contribution in [0.4, 0.5) is 5.82 Å². The van der Waals surface area contributed by atoms with Gasteiger partial charge >= 0.3 is 0 Å². The largest absolute Gasteiger partial charge is 0.494 e. The van der Waals surface area contributed by atoms with Gasteiger partial charge in [0.2, 0.25) is 0 Å². The fourth-order valence-electron chi connectivity index (χ4n) is 2.62. The maximum atomic E-state index is 12.7. The average molecular weight is 474 g/mol. The Kier molecular flexibility index (Phi) is 6.91. The van der Waals surface area contributed by atoms with Crippen LogP contribution in [0, 0.1) is 11.3 Å². The summed E-state index contributed by atoms with van der Waals surface area (Å²) in [5, 5.41) is 16.6. The van der Waals surface area contributed by atoms with Gasteiger partial charge in [-0.3, -0.25) is 4.79 Å². The Hall–Kier alpha value is -2.82. The Bertz CT molecular complexity index is 1070. The number of halogens is 2. The first kappa shape index (κ1) is 20.9. The number of hydrogen-bond donors (Lipinski definition) is 1. The summed E-state index contributed by atoms with van der Waals surface area (Å²) in [5.41, 5.74) is 1.15. The zero-order chi connectivity index (χ0) is 20.8. The van der Waals surface area contributed by atoms with Crippen LogP contribution >= 0.6 is 27.5 Å². The summed E-state index contributed by atoms with van der Waals surface area (Å²) in [6, 6.07) is 15.8. The van der Waals surface area contributed by atoms with Crippen LogP contribution in [0.15, 0.2) is 53.0 Å². The number of nitrogens with one attached hydrogen (secondary N) is 1. The van der Waals surface area contributed by atoms with E-state index in [0.717, 1.165) is 17.3 Å². The lowest BCUT2D eigenvalue weighted by Gasteiger charge is -2.11. The Morgan fingerprint density at radius 3 is 2.90 bits per heavy atom. The van der Waals surface area contributed by atoms with Gasteiger partial charge in [-0.15, -0.1) is 0 Å². The van der Waals surface area contributed by atoms with Crippen LogP contribution in [0.25, 0.3) is 5.69 Å². The molecule has 6 nitrogen and oxygen atoms in total. The highest BCUT2D eigenvalue weighted by Crippen LogP contribution is 2.25. The van der Waals surface area contributed by atoms with Crippen molar-refractivity contribution in [3.63, 3.8) is 0 Å². The van der Waals surface area contributed by atoms with E-state index in [-0.39, 0.29) is 5.69 Å². The normalized spacial score (nSPS) is 10.4. The third-order valence-corrected chi connectivity index (χ3v) is 4.89. The number of nitrogens with zero attached hydrogens (tertiary/aromatic N) is 3. The molecule has 29 heavy (non-hydrogen) atoms. The summed E-state index contributed by atoms with van der Waals surface area (Å²) in [7, 11) is 0. The monoisotopic (exact) mass is 472 g/mol. The topological polar surface area (TPSA) is 79.9 Å². The minimum Gasteiger partial charge on any atom is -0.494 e. The molecule has 0 saturated heterocycles. The van der Waals surface area contributed by atoms with Gasteiger partial charge in [0.15, 0.2) is 5.69 Å². The number of unbranched alkanes of at least 4 members (excludes halogenated alkanes) is 1. The second-order valence-corrected chi connectivity index (χ2v) is 7.54. The molecule has 148 valence electrons. The molecule has 0 bridgehead atoms. The molecule has 0 aliphatic heterocycles. The highest BCUT2D eigenvalue weighted by atomic mass is 79.9. The van der Waals surface area contributed by atoms with Crippen molar-refractivity contribution < 1.29 is 9.53 Å². The first-order valence-corrected chi connectivity index (χ1v) is 10.2. The van der Waals surface area contributed by atoms with E-state index < -0.39 is 5.91 Å². The molecule has 0 aliphatic carbocycles. The number of carbonyl (C=O) groups is 1. The van der Waals surface area contributed by atoms with Crippen molar-refractivity contribution in [2.45, 2.75) is 19.8 Å². The molecule has 0 aliphatic rings. The molecule has 0 atom stereocenters. The van der Waals surface area contributed by atoms with Crippen molar-refractivity contribution in [2.24, 2.45) is 0 Å². The molecule has 0 unspecified atom stereocenters. The lowest BCUT2D eigenvalue weighted by molar-refractivity contribution is 0.102. The Balaban J connectivity index is 1.91. The van der Waals surface area contributed by atoms with Crippen LogP contribution in [-0.4, -0.2) is 22.3 Å². The maximum Gasteiger partial charge on any atom is 0.258 e. The predicted octanol–water partition coefficient (Wildman–Crippen LogP) is 5.59. The minimum absolute atomic E-state index is 0.179. The number of aromatic nitrogens is 2. The van der Waals surface area contributed by atoms with E-state index in [4.69, 9.17) is 16.3 Å². The van der Waals surface area contributed by atoms with E-state index in [1.807, 2.05) is 30.3 Å². The number of ether oxygens (including phenoxy) is 1. The fraction of sp³-hybridized carbons (Fsp3) is 0.190. The number of benzene rings is 2. The van der Waals surface area contributed by atoms with Gasteiger partial charge in [0.1, 0.15) is 17.6 Å². The molecule has 0 fully saturated rings. The van der Waals surface area contributed by atoms with E-state index in [9.17, 15) is 10.1 Å². The van der Waals surface area contributed by atoms with E-state index in [1.165, 1.54) is 10.7 Å². The van der Waals surface area contributed by atoms with Crippen molar-refractivity contribution >= 4 is 39.3 Å². The molecule has 0 saturated carbocycles. The zero-order valence-electron chi connectivity index (χ0n) is 15.7. The van der Waals surface area contributed by atoms with Gasteiger partial charge in [-0.05, 0) is 36.8 Å². The molecule has 1 N–H and O–H groups in total. The van der Waals surface area contributed by atoms with E-state index >= 15 is 0 Å². The smallest absolute Gasteiger partial charge is 0.258 e. The van der Waals surface area contributed by atoms with E-state index in [0.29, 0.717) is 34.4 Å². The van der Waals surface area contributed by atoms with Crippen molar-refractivity contribution in [3.8, 4) is 17.5 Å². The summed E-state index contributed by atoms with van der Waals surface area (Å²) in [5.74, 6) is 0.642. The standard InChI is InChI=1S/C21H18BrClN4O2/c1-2-3-9-29-17-6-4-5-16(12-17)27-20(11-15(13-24)26-27)25-21(28)18-10-14(22)7-8-19(18)23/h4-8,10-12H,2-3,9H2,1H3,(H,25,28). The number of anilines is 1. The summed E-state index contributed by atoms with van der Waals surface area (Å²) in [6.07, 6.45) is 2.00. The van der Waals surface area contributed by atoms with Crippen LogP contribution in [-0.2, 0) is 0 Å². The fourth-order valence-corrected chi connectivity index (χ4v) is 3.18. The van der Waals surface area contributed by atoms with Gasteiger partial charge in [0, 0.05) is 16.6 Å². The molecule has 1 heterocycles. The summed E-state index contributed by atoms with van der Waals surface area (Å²) >= 11 is 9.49. The van der Waals surface area contributed by atoms with Crippen LogP contribution in [0.5, 0.6) is 5.75 Å². The van der Waals surface area contributed by atoms with Crippen molar-refractivity contribution in [1.29, 1.82) is 5.26 Å². The molecule has 0 radical (unpaired) electrons. The lowest BCUT2D eigenvalue weighted by atomic mass is 10.2. The SMILES string of the molecule is CCCCOc1cccc(-n2nc(C#N)cc2NC(=O)c2cc(Br)ccc2Cl)c1. The van der Waals surface area contributed by atoms with Crippen molar-refractivity contribution in [2.75, 3.05) is 11.9 Å². The molecule has 1 aromatic heterocycles. The van der Waals surface area contributed by atoms with Crippen LogP contribution in [0.3, 0.4) is 0 Å². The minimum atomic E-state index is -0.405. The Labute approximate surface area is 182 Å². The van der Waals surface area contributed by atoms with E-state index in [1.54, 1.807) is 18.2 Å². The molecule has 1 amide bonds. The maximum absolute atomic E-state index is 12.7. The third-order valence-electron chi connectivity index (χ3n) is 4.07. The van der Waals surface area contributed by atoms with Crippen LogP contribution in [0.1, 0.15) is 35.8 Å². The van der Waals surface area contributed by atoms with Gasteiger partial charge in [-0.25, -0.2) is 4.68 Å². The Morgan fingerprint density at radius 1 is 1.31 bits per heavy atom. The van der Waals surface area contributed by atoms with Gasteiger partial charge in [0.25, 0.3) is 5.91 Å². The average Bonchev–Trinajstić information content (AvgIpc) is 3.13. The van der Waals surface area contributed by atoms with Crippen molar-refractivity contribution in [3.05, 3.63) is 69.3 Å². The number of amides is 1. The molecule has 8 heteroatoms. The highest BCUT2D eigenvalue weighted by molar-refractivity contribution is 9.10. The molecule has 3 rings (SSSR count). The number of carbonyl (C=O) groups excluding carboxylic acids is 1. The lowest BCUT2D eigenvalue weighted by Crippen LogP contribution is -2.15. The molecular weight excluding hydrogens is 456 g/mol. The molecule has 2 aromatic carbocycles. The highest BCUT2D eigenvalue weighted by Gasteiger charge is 2.16. The molecule has 3 aromatic rings. The van der Waals surface area contributed by atoms with Gasteiger partial charge in [-0.2, -0.15) is 10.4 Å². The van der Waals surface area contributed by atoms with Gasteiger partial charge in [0.05, 0.1) is 22.9 Å². The second-order valence-electron chi connectivity index (χ2n) is 6.22. The van der Waals surface area contributed by atoms with Crippen LogP contribution in [0.2, 0.25) is 5.02 Å². The van der Waals surface area contributed by atoms with Crippen molar-refractivity contribution in [1.82, 2.24) is 9.78 Å². The number of rotatable bonds is 7. The van der Waals surface area contributed by atoms with Gasteiger partial charge < -0.3 is 10.1 Å². The number of hydrogen-bond acceptors (Lipinski definition) is 4. The first-order valence-electron chi connectivity index (χ1n) is 9.01. The summed E-state index contributed by atoms with van der Waals surface area (Å²) < 4.78 is 7.97. The second kappa shape index (κ2) is 9.59. The summed E-state index contributed by atoms with van der Waals surface area (Å²) in [4.78, 5) is 12.7.